The number of hydrogen-bond acceptors (Lipinski definition) is 3. The van der Waals surface area contributed by atoms with Gasteiger partial charge in [-0.3, -0.25) is 4.79 Å². The lowest BCUT2D eigenvalue weighted by molar-refractivity contribution is -0.149. The molecule has 1 aliphatic heterocycles. The SMILES string of the molecule is CC1=C(C(=O)NC2CC2)C2(CCCCC2)OC1=O. The van der Waals surface area contributed by atoms with E-state index in [2.05, 4.69) is 5.32 Å². The highest BCUT2D eigenvalue weighted by Gasteiger charge is 2.50. The van der Waals surface area contributed by atoms with Crippen LogP contribution in [0.5, 0.6) is 0 Å². The van der Waals surface area contributed by atoms with Gasteiger partial charge in [-0.1, -0.05) is 6.42 Å². The summed E-state index contributed by atoms with van der Waals surface area (Å²) in [6, 6.07) is 0.314. The van der Waals surface area contributed by atoms with Gasteiger partial charge in [0.1, 0.15) is 5.60 Å². The zero-order chi connectivity index (χ0) is 12.8. The highest BCUT2D eigenvalue weighted by molar-refractivity contribution is 6.07. The third-order valence-electron chi connectivity index (χ3n) is 4.23. The molecule has 98 valence electrons. The summed E-state index contributed by atoms with van der Waals surface area (Å²) < 4.78 is 5.56. The minimum atomic E-state index is -0.613. The molecule has 1 amide bonds. The lowest BCUT2D eigenvalue weighted by Gasteiger charge is -2.34. The van der Waals surface area contributed by atoms with Gasteiger partial charge >= 0.3 is 5.97 Å². The van der Waals surface area contributed by atoms with Crippen LogP contribution in [0.2, 0.25) is 0 Å². The van der Waals surface area contributed by atoms with Crippen LogP contribution in [-0.2, 0) is 14.3 Å². The van der Waals surface area contributed by atoms with Crippen LogP contribution in [0.15, 0.2) is 11.1 Å². The number of amides is 1. The number of esters is 1. The second-order valence-electron chi connectivity index (χ2n) is 5.69. The molecule has 2 saturated carbocycles. The van der Waals surface area contributed by atoms with Crippen LogP contribution in [0.4, 0.5) is 0 Å². The molecule has 3 rings (SSSR count). The van der Waals surface area contributed by atoms with Crippen molar-refractivity contribution in [2.75, 3.05) is 0 Å². The minimum absolute atomic E-state index is 0.0808. The van der Waals surface area contributed by atoms with Crippen LogP contribution >= 0.6 is 0 Å². The van der Waals surface area contributed by atoms with E-state index in [0.29, 0.717) is 17.2 Å². The first-order valence-corrected chi connectivity index (χ1v) is 6.88. The van der Waals surface area contributed by atoms with Gasteiger partial charge in [0.15, 0.2) is 0 Å². The largest absolute Gasteiger partial charge is 0.451 e. The van der Waals surface area contributed by atoms with Crippen molar-refractivity contribution in [2.45, 2.75) is 63.5 Å². The van der Waals surface area contributed by atoms with E-state index in [1.807, 2.05) is 0 Å². The predicted molar refractivity (Wildman–Crippen MR) is 65.8 cm³/mol. The smallest absolute Gasteiger partial charge is 0.335 e. The first-order chi connectivity index (χ1) is 8.62. The summed E-state index contributed by atoms with van der Waals surface area (Å²) in [5.41, 5.74) is 0.507. The van der Waals surface area contributed by atoms with Crippen molar-refractivity contribution < 1.29 is 14.3 Å². The standard InChI is InChI=1S/C14H19NO3/c1-9-11(12(16)15-10-5-6-10)14(18-13(9)17)7-3-2-4-8-14/h10H,2-8H2,1H3,(H,15,16). The van der Waals surface area contributed by atoms with Gasteiger partial charge in [-0.15, -0.1) is 0 Å². The van der Waals surface area contributed by atoms with Crippen LogP contribution in [0.3, 0.4) is 0 Å². The Morgan fingerprint density at radius 2 is 1.94 bits per heavy atom. The summed E-state index contributed by atoms with van der Waals surface area (Å²) in [4.78, 5) is 24.1. The van der Waals surface area contributed by atoms with Crippen LogP contribution in [0.25, 0.3) is 0 Å². The van der Waals surface area contributed by atoms with Crippen LogP contribution in [0.1, 0.15) is 51.9 Å². The van der Waals surface area contributed by atoms with Crippen molar-refractivity contribution in [1.82, 2.24) is 5.32 Å². The molecule has 0 aromatic rings. The summed E-state index contributed by atoms with van der Waals surface area (Å²) in [7, 11) is 0. The number of ether oxygens (including phenoxy) is 1. The Labute approximate surface area is 107 Å². The second kappa shape index (κ2) is 4.11. The van der Waals surface area contributed by atoms with Gasteiger partial charge in [0.2, 0.25) is 0 Å². The van der Waals surface area contributed by atoms with Crippen molar-refractivity contribution in [3.63, 3.8) is 0 Å². The molecule has 1 heterocycles. The van der Waals surface area contributed by atoms with Crippen molar-refractivity contribution in [3.05, 3.63) is 11.1 Å². The zero-order valence-electron chi connectivity index (χ0n) is 10.8. The van der Waals surface area contributed by atoms with Crippen LogP contribution in [-0.4, -0.2) is 23.5 Å². The monoisotopic (exact) mass is 249 g/mol. The Kier molecular flexibility index (Phi) is 2.68. The third-order valence-corrected chi connectivity index (χ3v) is 4.23. The fourth-order valence-corrected chi connectivity index (χ4v) is 3.09. The number of nitrogens with one attached hydrogen (secondary N) is 1. The van der Waals surface area contributed by atoms with E-state index in [-0.39, 0.29) is 11.9 Å². The van der Waals surface area contributed by atoms with Gasteiger partial charge in [0, 0.05) is 11.6 Å². The quantitative estimate of drug-likeness (QED) is 0.760. The Morgan fingerprint density at radius 3 is 2.56 bits per heavy atom. The van der Waals surface area contributed by atoms with Gasteiger partial charge in [0.05, 0.1) is 5.57 Å². The van der Waals surface area contributed by atoms with E-state index < -0.39 is 5.60 Å². The second-order valence-corrected chi connectivity index (χ2v) is 5.69. The molecular formula is C14H19NO3. The summed E-state index contributed by atoms with van der Waals surface area (Å²) in [6.45, 7) is 1.72. The Morgan fingerprint density at radius 1 is 1.28 bits per heavy atom. The molecule has 0 unspecified atom stereocenters. The first kappa shape index (κ1) is 11.8. The predicted octanol–water partition coefficient (Wildman–Crippen LogP) is 1.84. The summed E-state index contributed by atoms with van der Waals surface area (Å²) >= 11 is 0. The molecule has 2 aliphatic carbocycles. The molecule has 0 aromatic carbocycles. The number of hydrogen-bond donors (Lipinski definition) is 1. The van der Waals surface area contributed by atoms with E-state index in [9.17, 15) is 9.59 Å². The molecule has 0 saturated heterocycles. The molecule has 0 bridgehead atoms. The first-order valence-electron chi connectivity index (χ1n) is 6.88. The number of carbonyl (C=O) groups excluding carboxylic acids is 2. The van der Waals surface area contributed by atoms with E-state index in [1.165, 1.54) is 0 Å². The highest BCUT2D eigenvalue weighted by atomic mass is 16.6. The lowest BCUT2D eigenvalue weighted by atomic mass is 9.78. The van der Waals surface area contributed by atoms with Gasteiger partial charge in [0.25, 0.3) is 5.91 Å². The maximum Gasteiger partial charge on any atom is 0.335 e. The molecule has 0 aromatic heterocycles. The summed E-state index contributed by atoms with van der Waals surface area (Å²) in [5.74, 6) is -0.388. The summed E-state index contributed by atoms with van der Waals surface area (Å²) in [5, 5.41) is 2.99. The Bertz CT molecular complexity index is 428. The molecule has 4 heteroatoms. The van der Waals surface area contributed by atoms with Gasteiger partial charge < -0.3 is 10.1 Å². The summed E-state index contributed by atoms with van der Waals surface area (Å²) in [6.07, 6.45) is 6.92. The maximum absolute atomic E-state index is 12.3. The Hall–Kier alpha value is -1.32. The fourth-order valence-electron chi connectivity index (χ4n) is 3.09. The lowest BCUT2D eigenvalue weighted by Crippen LogP contribution is -2.41. The zero-order valence-corrected chi connectivity index (χ0v) is 10.8. The molecular weight excluding hydrogens is 230 g/mol. The van der Waals surface area contributed by atoms with Crippen LogP contribution < -0.4 is 5.32 Å². The molecule has 1 N–H and O–H groups in total. The van der Waals surface area contributed by atoms with Gasteiger partial charge in [-0.2, -0.15) is 0 Å². The van der Waals surface area contributed by atoms with Gasteiger partial charge in [-0.05, 0) is 45.4 Å². The van der Waals surface area contributed by atoms with Crippen LogP contribution in [0, 0.1) is 0 Å². The van der Waals surface area contributed by atoms with E-state index >= 15 is 0 Å². The molecule has 1 spiro atoms. The number of carbonyl (C=O) groups is 2. The highest BCUT2D eigenvalue weighted by Crippen LogP contribution is 2.44. The van der Waals surface area contributed by atoms with Crippen molar-refractivity contribution in [2.24, 2.45) is 0 Å². The average molecular weight is 249 g/mol. The molecule has 18 heavy (non-hydrogen) atoms. The van der Waals surface area contributed by atoms with Crippen molar-refractivity contribution in [3.8, 4) is 0 Å². The van der Waals surface area contributed by atoms with Crippen molar-refractivity contribution >= 4 is 11.9 Å². The normalized spacial score (nSPS) is 26.4. The van der Waals surface area contributed by atoms with E-state index in [0.717, 1.165) is 44.9 Å². The molecule has 0 radical (unpaired) electrons. The molecule has 2 fully saturated rings. The molecule has 4 nitrogen and oxygen atoms in total. The molecule has 3 aliphatic rings. The fraction of sp³-hybridized carbons (Fsp3) is 0.714. The van der Waals surface area contributed by atoms with E-state index in [4.69, 9.17) is 4.74 Å². The Balaban J connectivity index is 1.89. The van der Waals surface area contributed by atoms with Crippen molar-refractivity contribution in [1.29, 1.82) is 0 Å². The number of rotatable bonds is 2. The van der Waals surface area contributed by atoms with Gasteiger partial charge in [-0.25, -0.2) is 4.79 Å². The van der Waals surface area contributed by atoms with E-state index in [1.54, 1.807) is 6.92 Å². The minimum Gasteiger partial charge on any atom is -0.451 e. The third kappa shape index (κ3) is 1.84. The topological polar surface area (TPSA) is 55.4 Å². The average Bonchev–Trinajstić information content (AvgIpc) is 3.10. The molecule has 0 atom stereocenters. The maximum atomic E-state index is 12.3.